The summed E-state index contributed by atoms with van der Waals surface area (Å²) in [6, 6.07) is 0. The predicted molar refractivity (Wildman–Crippen MR) is 85.6 cm³/mol. The maximum Gasteiger partial charge on any atom is 0.344 e. The maximum absolute atomic E-state index is 12.6. The van der Waals surface area contributed by atoms with Crippen molar-refractivity contribution in [1.29, 1.82) is 0 Å². The standard InChI is InChI=1S/C15H23NO5.C2H6/c1-4-20-13(18)15(14(19)21-5-2)12-8-6-7-11(12)9-16(15)10(3)17;1-2/h11-12H,4-9H2,1-3H3;1-2H3. The van der Waals surface area contributed by atoms with E-state index in [1.165, 1.54) is 11.8 Å². The number of esters is 2. The molecule has 0 N–H and O–H groups in total. The van der Waals surface area contributed by atoms with Crippen LogP contribution < -0.4 is 0 Å². The lowest BCUT2D eigenvalue weighted by Crippen LogP contribution is -2.62. The van der Waals surface area contributed by atoms with Gasteiger partial charge in [-0.25, -0.2) is 9.59 Å². The van der Waals surface area contributed by atoms with Crippen LogP contribution in [0.15, 0.2) is 0 Å². The first kappa shape index (κ1) is 19.5. The Morgan fingerprint density at radius 3 is 2.00 bits per heavy atom. The molecular weight excluding hydrogens is 298 g/mol. The molecule has 1 aliphatic carbocycles. The molecule has 0 aromatic carbocycles. The Labute approximate surface area is 138 Å². The van der Waals surface area contributed by atoms with Crippen LogP contribution in [0, 0.1) is 11.8 Å². The summed E-state index contributed by atoms with van der Waals surface area (Å²) in [6.45, 7) is 9.53. The summed E-state index contributed by atoms with van der Waals surface area (Å²) >= 11 is 0. The number of hydrogen-bond donors (Lipinski definition) is 0. The number of ether oxygens (including phenoxy) is 2. The maximum atomic E-state index is 12.6. The van der Waals surface area contributed by atoms with Crippen molar-refractivity contribution in [2.24, 2.45) is 11.8 Å². The van der Waals surface area contributed by atoms with E-state index in [-0.39, 0.29) is 31.0 Å². The molecular formula is C17H29NO5. The van der Waals surface area contributed by atoms with Gasteiger partial charge in [0.2, 0.25) is 11.4 Å². The first-order valence-corrected chi connectivity index (χ1v) is 8.62. The summed E-state index contributed by atoms with van der Waals surface area (Å²) in [5.74, 6) is -1.60. The highest BCUT2D eigenvalue weighted by molar-refractivity contribution is 6.08. The quantitative estimate of drug-likeness (QED) is 0.584. The fourth-order valence-corrected chi connectivity index (χ4v) is 3.85. The molecule has 1 saturated carbocycles. The zero-order chi connectivity index (χ0) is 17.6. The Kier molecular flexibility index (Phi) is 7.03. The highest BCUT2D eigenvalue weighted by Crippen LogP contribution is 2.49. The number of carbonyl (C=O) groups excluding carboxylic acids is 3. The van der Waals surface area contributed by atoms with E-state index < -0.39 is 17.5 Å². The second-order valence-electron chi connectivity index (χ2n) is 5.63. The van der Waals surface area contributed by atoms with Gasteiger partial charge in [-0.15, -0.1) is 0 Å². The van der Waals surface area contributed by atoms with E-state index in [0.717, 1.165) is 19.3 Å². The molecule has 23 heavy (non-hydrogen) atoms. The third-order valence-electron chi connectivity index (χ3n) is 4.59. The van der Waals surface area contributed by atoms with Crippen molar-refractivity contribution in [3.8, 4) is 0 Å². The van der Waals surface area contributed by atoms with Gasteiger partial charge in [-0.2, -0.15) is 0 Å². The molecule has 0 aromatic heterocycles. The second kappa shape index (κ2) is 8.31. The topological polar surface area (TPSA) is 72.9 Å². The number of fused-ring (bicyclic) bond motifs is 1. The molecule has 2 atom stereocenters. The molecule has 2 fully saturated rings. The highest BCUT2D eigenvalue weighted by Gasteiger charge is 2.67. The summed E-state index contributed by atoms with van der Waals surface area (Å²) in [5.41, 5.74) is -1.58. The second-order valence-corrected chi connectivity index (χ2v) is 5.63. The Morgan fingerprint density at radius 1 is 1.04 bits per heavy atom. The third kappa shape index (κ3) is 3.21. The predicted octanol–water partition coefficient (Wildman–Crippen LogP) is 2.16. The van der Waals surface area contributed by atoms with Crippen LogP contribution in [0.1, 0.15) is 53.9 Å². The average Bonchev–Trinajstić information content (AvgIpc) is 3.09. The van der Waals surface area contributed by atoms with E-state index in [1.807, 2.05) is 13.8 Å². The first-order chi connectivity index (χ1) is 11.0. The largest absolute Gasteiger partial charge is 0.464 e. The van der Waals surface area contributed by atoms with E-state index in [2.05, 4.69) is 0 Å². The third-order valence-corrected chi connectivity index (χ3v) is 4.59. The molecule has 2 aliphatic rings. The molecule has 1 aliphatic heterocycles. The van der Waals surface area contributed by atoms with Crippen molar-refractivity contribution >= 4 is 17.8 Å². The van der Waals surface area contributed by atoms with Gasteiger partial charge in [0.15, 0.2) is 0 Å². The van der Waals surface area contributed by atoms with E-state index in [1.54, 1.807) is 13.8 Å². The molecule has 0 bridgehead atoms. The van der Waals surface area contributed by atoms with Gasteiger partial charge >= 0.3 is 11.9 Å². The summed E-state index contributed by atoms with van der Waals surface area (Å²) in [7, 11) is 0. The van der Waals surface area contributed by atoms with Crippen LogP contribution in [0.4, 0.5) is 0 Å². The normalized spacial score (nSPS) is 24.3. The van der Waals surface area contributed by atoms with Crippen LogP contribution in [-0.4, -0.2) is 48.0 Å². The molecule has 1 saturated heterocycles. The van der Waals surface area contributed by atoms with Crippen molar-refractivity contribution < 1.29 is 23.9 Å². The molecule has 1 amide bonds. The van der Waals surface area contributed by atoms with Gasteiger partial charge in [0, 0.05) is 19.4 Å². The van der Waals surface area contributed by atoms with E-state index in [0.29, 0.717) is 6.54 Å². The number of nitrogens with zero attached hydrogens (tertiary/aromatic N) is 1. The minimum atomic E-state index is -1.58. The van der Waals surface area contributed by atoms with Crippen molar-refractivity contribution in [3.63, 3.8) is 0 Å². The average molecular weight is 327 g/mol. The Balaban J connectivity index is 0.00000127. The van der Waals surface area contributed by atoms with Crippen LogP contribution in [0.3, 0.4) is 0 Å². The van der Waals surface area contributed by atoms with E-state index in [9.17, 15) is 14.4 Å². The highest BCUT2D eigenvalue weighted by atomic mass is 16.6. The van der Waals surface area contributed by atoms with Gasteiger partial charge in [0.05, 0.1) is 13.2 Å². The molecule has 2 rings (SSSR count). The van der Waals surface area contributed by atoms with Gasteiger partial charge < -0.3 is 14.4 Å². The van der Waals surface area contributed by atoms with Crippen LogP contribution in [0.5, 0.6) is 0 Å². The lowest BCUT2D eigenvalue weighted by molar-refractivity contribution is -0.179. The molecule has 0 aromatic rings. The summed E-state index contributed by atoms with van der Waals surface area (Å²) < 4.78 is 10.3. The fraction of sp³-hybridized carbons (Fsp3) is 0.824. The number of carbonyl (C=O) groups is 3. The SMILES string of the molecule is CC.CCOC(=O)C1(C(=O)OCC)C2CCCC2CN1C(C)=O. The lowest BCUT2D eigenvalue weighted by atomic mass is 9.81. The van der Waals surface area contributed by atoms with Gasteiger partial charge in [-0.3, -0.25) is 4.79 Å². The van der Waals surface area contributed by atoms with Gasteiger partial charge in [-0.05, 0) is 32.6 Å². The lowest BCUT2D eigenvalue weighted by Gasteiger charge is -2.36. The summed E-state index contributed by atoms with van der Waals surface area (Å²) in [4.78, 5) is 38.6. The molecule has 1 heterocycles. The molecule has 132 valence electrons. The number of likely N-dealkylation sites (tertiary alicyclic amines) is 1. The zero-order valence-electron chi connectivity index (χ0n) is 14.9. The number of amides is 1. The van der Waals surface area contributed by atoms with Crippen molar-refractivity contribution in [2.45, 2.75) is 59.4 Å². The summed E-state index contributed by atoms with van der Waals surface area (Å²) in [5, 5.41) is 0. The minimum absolute atomic E-state index is 0.169. The molecule has 6 heteroatoms. The van der Waals surface area contributed by atoms with E-state index >= 15 is 0 Å². The van der Waals surface area contributed by atoms with Crippen molar-refractivity contribution in [3.05, 3.63) is 0 Å². The van der Waals surface area contributed by atoms with Crippen LogP contribution in [0.2, 0.25) is 0 Å². The summed E-state index contributed by atoms with van der Waals surface area (Å²) in [6.07, 6.45) is 2.63. The van der Waals surface area contributed by atoms with Crippen LogP contribution in [-0.2, 0) is 23.9 Å². The Hall–Kier alpha value is -1.59. The van der Waals surface area contributed by atoms with Crippen LogP contribution in [0.25, 0.3) is 0 Å². The van der Waals surface area contributed by atoms with Gasteiger partial charge in [-0.1, -0.05) is 20.3 Å². The van der Waals surface area contributed by atoms with Crippen molar-refractivity contribution in [1.82, 2.24) is 4.90 Å². The monoisotopic (exact) mass is 327 g/mol. The molecule has 0 spiro atoms. The Bertz CT molecular complexity index is 430. The van der Waals surface area contributed by atoms with Gasteiger partial charge in [0.25, 0.3) is 0 Å². The molecule has 0 radical (unpaired) electrons. The molecule has 6 nitrogen and oxygen atoms in total. The van der Waals surface area contributed by atoms with Gasteiger partial charge in [0.1, 0.15) is 0 Å². The fourth-order valence-electron chi connectivity index (χ4n) is 3.85. The minimum Gasteiger partial charge on any atom is -0.464 e. The first-order valence-electron chi connectivity index (χ1n) is 8.62. The number of rotatable bonds is 4. The van der Waals surface area contributed by atoms with Crippen LogP contribution >= 0.6 is 0 Å². The Morgan fingerprint density at radius 2 is 1.57 bits per heavy atom. The number of hydrogen-bond acceptors (Lipinski definition) is 5. The van der Waals surface area contributed by atoms with Crippen molar-refractivity contribution in [2.75, 3.05) is 19.8 Å². The zero-order valence-corrected chi connectivity index (χ0v) is 14.9. The molecule has 2 unspecified atom stereocenters. The van der Waals surface area contributed by atoms with E-state index in [4.69, 9.17) is 9.47 Å². The smallest absolute Gasteiger partial charge is 0.344 e.